The van der Waals surface area contributed by atoms with Crippen LogP contribution in [0.2, 0.25) is 5.02 Å². The Hall–Kier alpha value is -2.57. The summed E-state index contributed by atoms with van der Waals surface area (Å²) in [5.41, 5.74) is 6.65. The lowest BCUT2D eigenvalue weighted by Gasteiger charge is -2.40. The van der Waals surface area contributed by atoms with Crippen molar-refractivity contribution < 1.29 is 4.79 Å². The third kappa shape index (κ3) is 5.19. The van der Waals surface area contributed by atoms with Gasteiger partial charge in [-0.1, -0.05) is 11.6 Å². The molecule has 0 unspecified atom stereocenters. The molecule has 188 valence electrons. The lowest BCUT2D eigenvalue weighted by Crippen LogP contribution is -2.42. The lowest BCUT2D eigenvalue weighted by molar-refractivity contribution is 0.0950. The van der Waals surface area contributed by atoms with E-state index in [0.717, 1.165) is 40.1 Å². The molecule has 4 rings (SSSR count). The molecule has 3 aromatic rings. The van der Waals surface area contributed by atoms with E-state index in [2.05, 4.69) is 61.0 Å². The van der Waals surface area contributed by atoms with Crippen LogP contribution in [0.3, 0.4) is 0 Å². The minimum Gasteiger partial charge on any atom is -0.369 e. The highest BCUT2D eigenvalue weighted by Gasteiger charge is 2.28. The summed E-state index contributed by atoms with van der Waals surface area (Å²) in [4.78, 5) is 22.7. The summed E-state index contributed by atoms with van der Waals surface area (Å²) in [6.45, 7) is 9.61. The Labute approximate surface area is 214 Å². The number of aromatic nitrogens is 2. The quantitative estimate of drug-likeness (QED) is 0.467. The Morgan fingerprint density at radius 2 is 1.80 bits per heavy atom. The van der Waals surface area contributed by atoms with Crippen molar-refractivity contribution in [2.75, 3.05) is 25.5 Å². The van der Waals surface area contributed by atoms with E-state index in [9.17, 15) is 4.79 Å². The maximum absolute atomic E-state index is 13.4. The molecule has 0 atom stereocenters. The monoisotopic (exact) mass is 495 g/mol. The normalized spacial score (nSPS) is 18.3. The summed E-state index contributed by atoms with van der Waals surface area (Å²) in [7, 11) is 4.36. The fourth-order valence-electron chi connectivity index (χ4n) is 5.57. The number of hydrogen-bond acceptors (Lipinski definition) is 4. The zero-order chi connectivity index (χ0) is 25.3. The topological polar surface area (TPSA) is 52.9 Å². The Balaban J connectivity index is 1.56. The summed E-state index contributed by atoms with van der Waals surface area (Å²) in [6, 6.07) is 7.32. The second-order valence-corrected chi connectivity index (χ2v) is 10.5. The number of aryl methyl sites for hydroxylation is 2. The van der Waals surface area contributed by atoms with Crippen LogP contribution >= 0.6 is 11.6 Å². The van der Waals surface area contributed by atoms with Gasteiger partial charge < -0.3 is 19.5 Å². The second-order valence-electron chi connectivity index (χ2n) is 10.1. The van der Waals surface area contributed by atoms with E-state index >= 15 is 0 Å². The highest BCUT2D eigenvalue weighted by molar-refractivity contribution is 6.31. The van der Waals surface area contributed by atoms with E-state index in [4.69, 9.17) is 11.6 Å². The van der Waals surface area contributed by atoms with E-state index < -0.39 is 0 Å². The van der Waals surface area contributed by atoms with Gasteiger partial charge in [0, 0.05) is 60.1 Å². The molecule has 1 saturated carbocycles. The summed E-state index contributed by atoms with van der Waals surface area (Å²) < 4.78 is 1.99. The first-order chi connectivity index (χ1) is 16.7. The zero-order valence-corrected chi connectivity index (χ0v) is 22.6. The van der Waals surface area contributed by atoms with Crippen LogP contribution in [0.15, 0.2) is 30.6 Å². The fourth-order valence-corrected chi connectivity index (χ4v) is 5.88. The molecule has 0 radical (unpaired) electrons. The molecule has 0 spiro atoms. The average Bonchev–Trinajstić information content (AvgIpc) is 3.32. The number of carbonyl (C=O) groups excluding carboxylic acids is 1. The lowest BCUT2D eigenvalue weighted by atomic mass is 9.88. The highest BCUT2D eigenvalue weighted by Crippen LogP contribution is 2.33. The van der Waals surface area contributed by atoms with Crippen LogP contribution in [0.25, 0.3) is 5.65 Å². The molecule has 1 N–H and O–H groups in total. The van der Waals surface area contributed by atoms with Crippen LogP contribution in [-0.4, -0.2) is 52.9 Å². The SMILES string of the molecule is CCN(c1cc(C)cc(C(=O)NCc2c(Cl)cc(C)n3ccnc23)c1C)[C@H]1CC[C@H](N(C)C)CC1. The summed E-state index contributed by atoms with van der Waals surface area (Å²) in [5.74, 6) is -0.0823. The first-order valence-corrected chi connectivity index (χ1v) is 13.0. The van der Waals surface area contributed by atoms with Gasteiger partial charge in [-0.3, -0.25) is 4.79 Å². The molecule has 7 heteroatoms. The Morgan fingerprint density at radius 1 is 1.11 bits per heavy atom. The predicted octanol–water partition coefficient (Wildman–Crippen LogP) is 5.54. The van der Waals surface area contributed by atoms with Gasteiger partial charge in [-0.15, -0.1) is 0 Å². The Bertz CT molecular complexity index is 1210. The number of hydrogen-bond donors (Lipinski definition) is 1. The largest absolute Gasteiger partial charge is 0.369 e. The molecule has 6 nitrogen and oxygen atoms in total. The Morgan fingerprint density at radius 3 is 2.46 bits per heavy atom. The fraction of sp³-hybridized carbons (Fsp3) is 0.500. The third-order valence-corrected chi connectivity index (χ3v) is 7.93. The van der Waals surface area contributed by atoms with Crippen LogP contribution in [0.5, 0.6) is 0 Å². The number of nitrogens with one attached hydrogen (secondary N) is 1. The van der Waals surface area contributed by atoms with Gasteiger partial charge in [0.15, 0.2) is 0 Å². The number of pyridine rings is 1. The van der Waals surface area contributed by atoms with Gasteiger partial charge in [-0.05, 0) is 96.8 Å². The van der Waals surface area contributed by atoms with Gasteiger partial charge in [0.1, 0.15) is 5.65 Å². The molecule has 0 saturated heterocycles. The number of anilines is 1. The van der Waals surface area contributed by atoms with E-state index in [1.165, 1.54) is 31.4 Å². The molecule has 1 amide bonds. The van der Waals surface area contributed by atoms with Gasteiger partial charge >= 0.3 is 0 Å². The van der Waals surface area contributed by atoms with E-state index in [0.29, 0.717) is 23.7 Å². The third-order valence-electron chi connectivity index (χ3n) is 7.60. The number of rotatable bonds is 7. The van der Waals surface area contributed by atoms with Crippen LogP contribution in [0.1, 0.15) is 65.3 Å². The maximum Gasteiger partial charge on any atom is 0.251 e. The first-order valence-electron chi connectivity index (χ1n) is 12.6. The van der Waals surface area contributed by atoms with Crippen molar-refractivity contribution in [1.82, 2.24) is 19.6 Å². The number of imidazole rings is 1. The molecule has 1 aliphatic rings. The van der Waals surface area contributed by atoms with Crippen molar-refractivity contribution in [1.29, 1.82) is 0 Å². The molecule has 1 aliphatic carbocycles. The van der Waals surface area contributed by atoms with Gasteiger partial charge in [0.05, 0.1) is 5.02 Å². The molecular formula is C28H38ClN5O. The predicted molar refractivity (Wildman–Crippen MR) is 145 cm³/mol. The van der Waals surface area contributed by atoms with Gasteiger partial charge in [-0.2, -0.15) is 0 Å². The zero-order valence-electron chi connectivity index (χ0n) is 21.9. The number of carbonyl (C=O) groups is 1. The molecule has 0 bridgehead atoms. The Kier molecular flexibility index (Phi) is 7.72. The molecule has 0 aliphatic heterocycles. The average molecular weight is 496 g/mol. The van der Waals surface area contributed by atoms with Crippen molar-refractivity contribution in [3.8, 4) is 0 Å². The highest BCUT2D eigenvalue weighted by atomic mass is 35.5. The van der Waals surface area contributed by atoms with E-state index in [1.807, 2.05) is 29.7 Å². The first kappa shape index (κ1) is 25.5. The summed E-state index contributed by atoms with van der Waals surface area (Å²) in [5, 5.41) is 3.73. The number of amides is 1. The molecule has 2 heterocycles. The van der Waals surface area contributed by atoms with Crippen LogP contribution in [-0.2, 0) is 6.54 Å². The van der Waals surface area contributed by atoms with Crippen molar-refractivity contribution in [3.05, 3.63) is 63.6 Å². The molecule has 1 aromatic carbocycles. The standard InChI is InChI=1S/C28H38ClN5O/c1-7-33(22-10-8-21(9-11-22)32(5)6)26-15-18(2)14-23(20(26)4)28(35)31-17-24-25(29)16-19(3)34-13-12-30-27(24)34/h12-16,21-22H,7-11,17H2,1-6H3,(H,31,35)/t21-,22-. The molecular weight excluding hydrogens is 458 g/mol. The minimum atomic E-state index is -0.0823. The second kappa shape index (κ2) is 10.6. The van der Waals surface area contributed by atoms with Gasteiger partial charge in [-0.25, -0.2) is 4.98 Å². The molecule has 1 fully saturated rings. The molecule has 2 aromatic heterocycles. The van der Waals surface area contributed by atoms with Crippen molar-refractivity contribution >= 4 is 28.8 Å². The van der Waals surface area contributed by atoms with Gasteiger partial charge in [0.2, 0.25) is 0 Å². The van der Waals surface area contributed by atoms with Crippen LogP contribution < -0.4 is 10.2 Å². The van der Waals surface area contributed by atoms with Crippen molar-refractivity contribution in [2.24, 2.45) is 0 Å². The van der Waals surface area contributed by atoms with E-state index in [-0.39, 0.29) is 5.91 Å². The van der Waals surface area contributed by atoms with Crippen LogP contribution in [0, 0.1) is 20.8 Å². The summed E-state index contributed by atoms with van der Waals surface area (Å²) in [6.07, 6.45) is 8.45. The van der Waals surface area contributed by atoms with Crippen molar-refractivity contribution in [2.45, 2.75) is 72.0 Å². The number of halogens is 1. The van der Waals surface area contributed by atoms with Crippen molar-refractivity contribution in [3.63, 3.8) is 0 Å². The number of benzene rings is 1. The maximum atomic E-state index is 13.4. The smallest absolute Gasteiger partial charge is 0.251 e. The number of fused-ring (bicyclic) bond motifs is 1. The van der Waals surface area contributed by atoms with Gasteiger partial charge in [0.25, 0.3) is 5.91 Å². The minimum absolute atomic E-state index is 0.0823. The number of nitrogens with zero attached hydrogens (tertiary/aromatic N) is 4. The van der Waals surface area contributed by atoms with Crippen LogP contribution in [0.4, 0.5) is 5.69 Å². The summed E-state index contributed by atoms with van der Waals surface area (Å²) >= 11 is 6.54. The molecule has 35 heavy (non-hydrogen) atoms. The van der Waals surface area contributed by atoms with E-state index in [1.54, 1.807) is 6.20 Å².